The Bertz CT molecular complexity index is 459. The van der Waals surface area contributed by atoms with Crippen LogP contribution < -0.4 is 0 Å². The second kappa shape index (κ2) is 4.07. The highest BCUT2D eigenvalue weighted by Gasteiger charge is 2.10. The average molecular weight is 203 g/mol. The van der Waals surface area contributed by atoms with Crippen molar-refractivity contribution < 1.29 is 5.11 Å². The summed E-state index contributed by atoms with van der Waals surface area (Å²) >= 11 is 0. The van der Waals surface area contributed by atoms with Crippen LogP contribution in [0.2, 0.25) is 0 Å². The summed E-state index contributed by atoms with van der Waals surface area (Å²) in [4.78, 5) is 0. The molecule has 0 amide bonds. The fraction of sp³-hybridized carbons (Fsp3) is 0.385. The first-order valence-electron chi connectivity index (χ1n) is 5.41. The first kappa shape index (κ1) is 10.2. The lowest BCUT2D eigenvalue weighted by Crippen LogP contribution is -2.08. The lowest BCUT2D eigenvalue weighted by atomic mass is 10.2. The second-order valence-corrected chi connectivity index (χ2v) is 4.08. The molecule has 15 heavy (non-hydrogen) atoms. The number of aryl methyl sites for hydroxylation is 1. The summed E-state index contributed by atoms with van der Waals surface area (Å²) in [6.45, 7) is 4.51. The standard InChI is InChI=1S/C13H17NO/c1-10(7-8-15)14-11(2)9-12-5-3-4-6-13(12)14/h3-6,9-10,15H,7-8H2,1-2H3. The van der Waals surface area contributed by atoms with Crippen molar-refractivity contribution in [3.05, 3.63) is 36.0 Å². The van der Waals surface area contributed by atoms with Crippen molar-refractivity contribution >= 4 is 10.9 Å². The molecule has 0 aliphatic heterocycles. The number of aliphatic hydroxyl groups excluding tert-OH is 1. The molecule has 0 fully saturated rings. The van der Waals surface area contributed by atoms with Crippen LogP contribution in [0.3, 0.4) is 0 Å². The van der Waals surface area contributed by atoms with Gasteiger partial charge in [-0.15, -0.1) is 0 Å². The van der Waals surface area contributed by atoms with Crippen molar-refractivity contribution in [3.8, 4) is 0 Å². The maximum Gasteiger partial charge on any atom is 0.0484 e. The first-order valence-corrected chi connectivity index (χ1v) is 5.41. The maximum absolute atomic E-state index is 8.99. The second-order valence-electron chi connectivity index (χ2n) is 4.08. The topological polar surface area (TPSA) is 25.2 Å². The SMILES string of the molecule is Cc1cc2ccccc2n1C(C)CCO. The van der Waals surface area contributed by atoms with Crippen LogP contribution in [0.1, 0.15) is 25.1 Å². The quantitative estimate of drug-likeness (QED) is 0.815. The molecule has 2 heteroatoms. The van der Waals surface area contributed by atoms with Gasteiger partial charge in [0.05, 0.1) is 0 Å². The largest absolute Gasteiger partial charge is 0.396 e. The van der Waals surface area contributed by atoms with Crippen LogP contribution in [0.15, 0.2) is 30.3 Å². The minimum Gasteiger partial charge on any atom is -0.396 e. The molecule has 1 heterocycles. The van der Waals surface area contributed by atoms with Crippen molar-refractivity contribution in [2.75, 3.05) is 6.61 Å². The lowest BCUT2D eigenvalue weighted by molar-refractivity contribution is 0.263. The number of fused-ring (bicyclic) bond motifs is 1. The molecule has 0 radical (unpaired) electrons. The first-order chi connectivity index (χ1) is 7.24. The summed E-state index contributed by atoms with van der Waals surface area (Å²) in [6, 6.07) is 10.9. The molecule has 2 aromatic rings. The molecule has 2 rings (SSSR count). The predicted octanol–water partition coefficient (Wildman–Crippen LogP) is 2.89. The molecule has 0 aliphatic rings. The molecular weight excluding hydrogens is 186 g/mol. The smallest absolute Gasteiger partial charge is 0.0484 e. The number of benzene rings is 1. The Morgan fingerprint density at radius 3 is 2.80 bits per heavy atom. The Balaban J connectivity index is 2.53. The summed E-state index contributed by atoms with van der Waals surface area (Å²) in [7, 11) is 0. The zero-order valence-electron chi connectivity index (χ0n) is 9.27. The van der Waals surface area contributed by atoms with Crippen molar-refractivity contribution in [3.63, 3.8) is 0 Å². The van der Waals surface area contributed by atoms with Crippen LogP contribution in [-0.2, 0) is 0 Å². The van der Waals surface area contributed by atoms with Gasteiger partial charge in [0.2, 0.25) is 0 Å². The third kappa shape index (κ3) is 1.77. The Morgan fingerprint density at radius 1 is 1.33 bits per heavy atom. The van der Waals surface area contributed by atoms with Gasteiger partial charge in [0.15, 0.2) is 0 Å². The highest BCUT2D eigenvalue weighted by molar-refractivity contribution is 5.81. The molecule has 80 valence electrons. The van der Waals surface area contributed by atoms with Crippen LogP contribution >= 0.6 is 0 Å². The zero-order chi connectivity index (χ0) is 10.8. The fourth-order valence-electron chi connectivity index (χ4n) is 2.21. The molecule has 0 saturated carbocycles. The van der Waals surface area contributed by atoms with E-state index in [-0.39, 0.29) is 6.61 Å². The number of aromatic nitrogens is 1. The molecule has 1 aromatic heterocycles. The summed E-state index contributed by atoms with van der Waals surface area (Å²) in [5.41, 5.74) is 2.52. The molecule has 1 aromatic carbocycles. The van der Waals surface area contributed by atoms with Crippen LogP contribution in [0.5, 0.6) is 0 Å². The van der Waals surface area contributed by atoms with E-state index in [1.54, 1.807) is 0 Å². The number of hydrogen-bond donors (Lipinski definition) is 1. The molecule has 0 saturated heterocycles. The third-order valence-electron chi connectivity index (χ3n) is 2.93. The molecule has 0 spiro atoms. The molecule has 2 nitrogen and oxygen atoms in total. The number of nitrogens with zero attached hydrogens (tertiary/aromatic N) is 1. The highest BCUT2D eigenvalue weighted by Crippen LogP contribution is 2.24. The van der Waals surface area contributed by atoms with Gasteiger partial charge in [-0.2, -0.15) is 0 Å². The minimum absolute atomic E-state index is 0.243. The Kier molecular flexibility index (Phi) is 2.78. The summed E-state index contributed by atoms with van der Waals surface area (Å²) in [5.74, 6) is 0. The van der Waals surface area contributed by atoms with E-state index in [1.807, 2.05) is 0 Å². The van der Waals surface area contributed by atoms with Gasteiger partial charge in [0, 0.05) is 23.9 Å². The van der Waals surface area contributed by atoms with Gasteiger partial charge in [0.25, 0.3) is 0 Å². The number of hydrogen-bond acceptors (Lipinski definition) is 1. The van der Waals surface area contributed by atoms with E-state index in [9.17, 15) is 0 Å². The molecular formula is C13H17NO. The van der Waals surface area contributed by atoms with Crippen LogP contribution in [-0.4, -0.2) is 16.3 Å². The van der Waals surface area contributed by atoms with E-state index < -0.39 is 0 Å². The average Bonchev–Trinajstić information content (AvgIpc) is 2.54. The normalized spacial score (nSPS) is 13.3. The van der Waals surface area contributed by atoms with Crippen molar-refractivity contribution in [1.82, 2.24) is 4.57 Å². The summed E-state index contributed by atoms with van der Waals surface area (Å²) in [5, 5.41) is 10.3. The Hall–Kier alpha value is -1.28. The highest BCUT2D eigenvalue weighted by atomic mass is 16.3. The zero-order valence-corrected chi connectivity index (χ0v) is 9.27. The fourth-order valence-corrected chi connectivity index (χ4v) is 2.21. The van der Waals surface area contributed by atoms with Crippen LogP contribution in [0.4, 0.5) is 0 Å². The Morgan fingerprint density at radius 2 is 2.07 bits per heavy atom. The molecule has 1 atom stereocenters. The van der Waals surface area contributed by atoms with Crippen molar-refractivity contribution in [1.29, 1.82) is 0 Å². The third-order valence-corrected chi connectivity index (χ3v) is 2.93. The van der Waals surface area contributed by atoms with E-state index >= 15 is 0 Å². The van der Waals surface area contributed by atoms with Gasteiger partial charge in [-0.25, -0.2) is 0 Å². The summed E-state index contributed by atoms with van der Waals surface area (Å²) < 4.78 is 2.30. The van der Waals surface area contributed by atoms with Crippen molar-refractivity contribution in [2.45, 2.75) is 26.3 Å². The van der Waals surface area contributed by atoms with Gasteiger partial charge in [-0.3, -0.25) is 0 Å². The number of rotatable bonds is 3. The van der Waals surface area contributed by atoms with E-state index in [0.717, 1.165) is 6.42 Å². The molecule has 0 aliphatic carbocycles. The lowest BCUT2D eigenvalue weighted by Gasteiger charge is -2.16. The van der Waals surface area contributed by atoms with Gasteiger partial charge in [-0.1, -0.05) is 18.2 Å². The van der Waals surface area contributed by atoms with Gasteiger partial charge in [-0.05, 0) is 37.8 Å². The van der Waals surface area contributed by atoms with Crippen LogP contribution in [0, 0.1) is 6.92 Å². The van der Waals surface area contributed by atoms with Crippen molar-refractivity contribution in [2.24, 2.45) is 0 Å². The van der Waals surface area contributed by atoms with E-state index in [0.29, 0.717) is 6.04 Å². The number of aliphatic hydroxyl groups is 1. The predicted molar refractivity (Wildman–Crippen MR) is 63.1 cm³/mol. The van der Waals surface area contributed by atoms with Gasteiger partial charge >= 0.3 is 0 Å². The van der Waals surface area contributed by atoms with E-state index in [4.69, 9.17) is 5.11 Å². The maximum atomic E-state index is 8.99. The molecule has 0 bridgehead atoms. The molecule has 1 unspecified atom stereocenters. The number of para-hydroxylation sites is 1. The monoisotopic (exact) mass is 203 g/mol. The minimum atomic E-state index is 0.243. The van der Waals surface area contributed by atoms with E-state index in [2.05, 4.69) is 48.7 Å². The summed E-state index contributed by atoms with van der Waals surface area (Å²) in [6.07, 6.45) is 0.805. The molecule has 1 N–H and O–H groups in total. The van der Waals surface area contributed by atoms with Crippen LogP contribution in [0.25, 0.3) is 10.9 Å². The van der Waals surface area contributed by atoms with Gasteiger partial charge < -0.3 is 9.67 Å². The van der Waals surface area contributed by atoms with Gasteiger partial charge in [0.1, 0.15) is 0 Å². The Labute approximate surface area is 90.2 Å². The van der Waals surface area contributed by atoms with E-state index in [1.165, 1.54) is 16.6 Å².